The van der Waals surface area contributed by atoms with E-state index >= 15 is 0 Å². The fraction of sp³-hybridized carbons (Fsp3) is 0.318. The summed E-state index contributed by atoms with van der Waals surface area (Å²) in [7, 11) is 2.18. The zero-order chi connectivity index (χ0) is 17.3. The van der Waals surface area contributed by atoms with E-state index in [2.05, 4.69) is 69.6 Å². The molecule has 1 fully saturated rings. The van der Waals surface area contributed by atoms with Crippen LogP contribution in [-0.2, 0) is 13.1 Å². The van der Waals surface area contributed by atoms with Gasteiger partial charge in [0.2, 0.25) is 0 Å². The number of likely N-dealkylation sites (N-methyl/N-ethyl adjacent to an activating group) is 1. The van der Waals surface area contributed by atoms with E-state index in [-0.39, 0.29) is 0 Å². The van der Waals surface area contributed by atoms with Gasteiger partial charge in [-0.15, -0.1) is 0 Å². The van der Waals surface area contributed by atoms with E-state index in [4.69, 9.17) is 4.98 Å². The lowest BCUT2D eigenvalue weighted by Gasteiger charge is -2.27. The molecule has 4 aromatic rings. The molecule has 0 amide bonds. The molecule has 0 radical (unpaired) electrons. The van der Waals surface area contributed by atoms with Gasteiger partial charge in [0.15, 0.2) is 5.82 Å². The second-order valence-electron chi connectivity index (χ2n) is 7.80. The Balaban J connectivity index is 1.64. The average molecular weight is 342 g/mol. The third kappa shape index (κ3) is 1.99. The van der Waals surface area contributed by atoms with Crippen molar-refractivity contribution in [3.05, 3.63) is 48.5 Å². The highest BCUT2D eigenvalue weighted by Gasteiger charge is 2.27. The van der Waals surface area contributed by atoms with Crippen LogP contribution in [0.5, 0.6) is 0 Å². The number of fused-ring (bicyclic) bond motifs is 1. The Labute approximate surface area is 152 Å². The fourth-order valence-electron chi connectivity index (χ4n) is 4.41. The summed E-state index contributed by atoms with van der Waals surface area (Å²) in [6.07, 6.45) is 2.72. The summed E-state index contributed by atoms with van der Waals surface area (Å²) in [4.78, 5) is 7.43. The summed E-state index contributed by atoms with van der Waals surface area (Å²) in [5.41, 5.74) is 6.27. The molecule has 6 rings (SSSR count). The van der Waals surface area contributed by atoms with Crippen molar-refractivity contribution >= 4 is 27.6 Å². The van der Waals surface area contributed by atoms with Crippen molar-refractivity contribution in [2.45, 2.75) is 25.9 Å². The number of benzene rings is 2. The third-order valence-electron chi connectivity index (χ3n) is 5.99. The van der Waals surface area contributed by atoms with Crippen LogP contribution in [0.1, 0.15) is 12.8 Å². The average Bonchev–Trinajstić information content (AvgIpc) is 3.30. The predicted molar refractivity (Wildman–Crippen MR) is 107 cm³/mol. The number of hydrogen-bond acceptors (Lipinski definition) is 2. The van der Waals surface area contributed by atoms with Crippen LogP contribution in [-0.4, -0.2) is 27.7 Å². The monoisotopic (exact) mass is 342 g/mol. The lowest BCUT2D eigenvalue weighted by molar-refractivity contribution is 0.639. The van der Waals surface area contributed by atoms with Crippen LogP contribution in [0.2, 0.25) is 0 Å². The van der Waals surface area contributed by atoms with Crippen molar-refractivity contribution in [3.63, 3.8) is 0 Å². The maximum absolute atomic E-state index is 5.09. The molecule has 2 aromatic carbocycles. The molecule has 4 nitrogen and oxygen atoms in total. The van der Waals surface area contributed by atoms with E-state index in [0.29, 0.717) is 0 Å². The summed E-state index contributed by atoms with van der Waals surface area (Å²) in [6, 6.07) is 17.6. The first-order valence-corrected chi connectivity index (χ1v) is 9.58. The number of rotatable bonds is 3. The Morgan fingerprint density at radius 3 is 2.81 bits per heavy atom. The predicted octanol–water partition coefficient (Wildman–Crippen LogP) is 4.52. The Morgan fingerprint density at radius 1 is 1.04 bits per heavy atom. The van der Waals surface area contributed by atoms with Gasteiger partial charge < -0.3 is 14.0 Å². The second-order valence-corrected chi connectivity index (χ2v) is 7.80. The largest absolute Gasteiger partial charge is 0.371 e. The van der Waals surface area contributed by atoms with Gasteiger partial charge in [0.05, 0.1) is 22.4 Å². The van der Waals surface area contributed by atoms with Crippen LogP contribution in [0, 0.1) is 5.92 Å². The minimum absolute atomic E-state index is 0.831. The molecule has 0 bridgehead atoms. The molecular formula is C22H22N4. The molecule has 0 unspecified atom stereocenters. The van der Waals surface area contributed by atoms with Crippen LogP contribution in [0.3, 0.4) is 0 Å². The van der Waals surface area contributed by atoms with Crippen molar-refractivity contribution in [1.29, 1.82) is 0 Å². The zero-order valence-corrected chi connectivity index (χ0v) is 15.0. The summed E-state index contributed by atoms with van der Waals surface area (Å²) in [6.45, 7) is 3.13. The van der Waals surface area contributed by atoms with Crippen molar-refractivity contribution in [3.8, 4) is 11.5 Å². The van der Waals surface area contributed by atoms with Gasteiger partial charge in [0.1, 0.15) is 0 Å². The standard InChI is InChI=1S/C22H22N4/c1-24-11-12-25-21-17(6-4-8-19(21)24)23-22(25)20-13-16-5-2-3-7-18(16)26(20)14-15-9-10-15/h2-8,13,15H,9-12,14H2,1H3. The van der Waals surface area contributed by atoms with E-state index in [1.807, 2.05) is 0 Å². The molecule has 2 aromatic heterocycles. The molecule has 1 saturated carbocycles. The van der Waals surface area contributed by atoms with E-state index in [9.17, 15) is 0 Å². The van der Waals surface area contributed by atoms with Crippen molar-refractivity contribution in [1.82, 2.24) is 14.1 Å². The summed E-state index contributed by atoms with van der Waals surface area (Å²) < 4.78 is 4.94. The number of anilines is 1. The Morgan fingerprint density at radius 2 is 1.92 bits per heavy atom. The minimum Gasteiger partial charge on any atom is -0.371 e. The second kappa shape index (κ2) is 5.13. The Kier molecular flexibility index (Phi) is 2.85. The van der Waals surface area contributed by atoms with Gasteiger partial charge in [-0.1, -0.05) is 24.3 Å². The van der Waals surface area contributed by atoms with Gasteiger partial charge in [-0.05, 0) is 43.0 Å². The Hall–Kier alpha value is -2.75. The van der Waals surface area contributed by atoms with Gasteiger partial charge in [0.25, 0.3) is 0 Å². The maximum Gasteiger partial charge on any atom is 0.157 e. The molecule has 3 heterocycles. The van der Waals surface area contributed by atoms with Crippen LogP contribution in [0.15, 0.2) is 48.5 Å². The first-order chi connectivity index (χ1) is 12.8. The first kappa shape index (κ1) is 14.4. The number of para-hydroxylation sites is 2. The normalized spacial score (nSPS) is 16.7. The molecule has 0 atom stereocenters. The molecule has 0 spiro atoms. The highest BCUT2D eigenvalue weighted by atomic mass is 15.2. The van der Waals surface area contributed by atoms with Crippen molar-refractivity contribution in [2.75, 3.05) is 18.5 Å². The van der Waals surface area contributed by atoms with Crippen LogP contribution >= 0.6 is 0 Å². The fourth-order valence-corrected chi connectivity index (χ4v) is 4.41. The zero-order valence-electron chi connectivity index (χ0n) is 15.0. The smallest absolute Gasteiger partial charge is 0.157 e. The highest BCUT2D eigenvalue weighted by Crippen LogP contribution is 2.38. The minimum atomic E-state index is 0.831. The van der Waals surface area contributed by atoms with E-state index in [0.717, 1.165) is 36.9 Å². The van der Waals surface area contributed by atoms with Gasteiger partial charge >= 0.3 is 0 Å². The third-order valence-corrected chi connectivity index (χ3v) is 5.99. The number of aromatic nitrogens is 3. The van der Waals surface area contributed by atoms with E-state index in [1.54, 1.807) is 0 Å². The molecule has 0 saturated heterocycles. The van der Waals surface area contributed by atoms with Gasteiger partial charge in [-0.2, -0.15) is 0 Å². The van der Waals surface area contributed by atoms with Crippen molar-refractivity contribution < 1.29 is 0 Å². The molecule has 4 heteroatoms. The first-order valence-electron chi connectivity index (χ1n) is 9.58. The van der Waals surface area contributed by atoms with Gasteiger partial charge in [0, 0.05) is 37.6 Å². The van der Waals surface area contributed by atoms with Crippen LogP contribution in [0.25, 0.3) is 33.5 Å². The molecular weight excluding hydrogens is 320 g/mol. The van der Waals surface area contributed by atoms with E-state index in [1.165, 1.54) is 40.6 Å². The lowest BCUT2D eigenvalue weighted by Crippen LogP contribution is -2.27. The van der Waals surface area contributed by atoms with Gasteiger partial charge in [-0.25, -0.2) is 4.98 Å². The van der Waals surface area contributed by atoms with Crippen LogP contribution < -0.4 is 4.90 Å². The summed E-state index contributed by atoms with van der Waals surface area (Å²) in [5, 5.41) is 1.32. The molecule has 1 aliphatic heterocycles. The quantitative estimate of drug-likeness (QED) is 0.547. The molecule has 130 valence electrons. The topological polar surface area (TPSA) is 26.0 Å². The Bertz CT molecular complexity index is 1150. The lowest BCUT2D eigenvalue weighted by atomic mass is 10.2. The SMILES string of the molecule is CN1CCn2c(-c3cc4ccccc4n3CC3CC3)nc3cccc1c32. The van der Waals surface area contributed by atoms with Crippen molar-refractivity contribution in [2.24, 2.45) is 5.92 Å². The number of nitrogens with zero attached hydrogens (tertiary/aromatic N) is 4. The molecule has 0 N–H and O–H groups in total. The highest BCUT2D eigenvalue weighted by molar-refractivity contribution is 5.94. The summed E-state index contributed by atoms with van der Waals surface area (Å²) in [5.74, 6) is 1.95. The molecule has 1 aliphatic carbocycles. The molecule has 26 heavy (non-hydrogen) atoms. The van der Waals surface area contributed by atoms with Gasteiger partial charge in [-0.3, -0.25) is 0 Å². The van der Waals surface area contributed by atoms with E-state index < -0.39 is 0 Å². The number of hydrogen-bond donors (Lipinski definition) is 0. The maximum atomic E-state index is 5.09. The summed E-state index contributed by atoms with van der Waals surface area (Å²) >= 11 is 0. The number of imidazole rings is 1. The van der Waals surface area contributed by atoms with Crippen LogP contribution in [0.4, 0.5) is 5.69 Å². The molecule has 2 aliphatic rings.